The lowest BCUT2D eigenvalue weighted by atomic mass is 9.71. The molecule has 2 unspecified atom stereocenters. The largest absolute Gasteiger partial charge is 0.474 e. The Hall–Kier alpha value is -0.570. The molecule has 2 atom stereocenters. The molecule has 3 heteroatoms. The van der Waals surface area contributed by atoms with Crippen LogP contribution in [-0.2, 0) is 0 Å². The van der Waals surface area contributed by atoms with Crippen molar-refractivity contribution >= 4 is 15.9 Å². The highest BCUT2D eigenvalue weighted by atomic mass is 79.9. The summed E-state index contributed by atoms with van der Waals surface area (Å²) in [6.07, 6.45) is 5.67. The maximum Gasteiger partial charge on any atom is 0.228 e. The van der Waals surface area contributed by atoms with E-state index in [1.807, 2.05) is 13.1 Å². The SMILES string of the molecule is Cc1cnc(OC2CC(C)CC(C)(C)C2)c(Br)c1. The van der Waals surface area contributed by atoms with Crippen molar-refractivity contribution in [1.82, 2.24) is 4.98 Å². The molecule has 1 heterocycles. The highest BCUT2D eigenvalue weighted by Crippen LogP contribution is 2.40. The van der Waals surface area contributed by atoms with Crippen molar-refractivity contribution in [2.75, 3.05) is 0 Å². The Morgan fingerprint density at radius 2 is 2.11 bits per heavy atom. The van der Waals surface area contributed by atoms with Gasteiger partial charge in [-0.3, -0.25) is 0 Å². The van der Waals surface area contributed by atoms with E-state index in [2.05, 4.69) is 47.8 Å². The minimum atomic E-state index is 0.287. The number of nitrogens with zero attached hydrogens (tertiary/aromatic N) is 1. The number of pyridine rings is 1. The first-order chi connectivity index (χ1) is 8.35. The first-order valence-corrected chi connectivity index (χ1v) is 7.44. The van der Waals surface area contributed by atoms with E-state index in [-0.39, 0.29) is 6.10 Å². The van der Waals surface area contributed by atoms with Gasteiger partial charge in [-0.25, -0.2) is 4.98 Å². The lowest BCUT2D eigenvalue weighted by Gasteiger charge is -2.38. The fourth-order valence-electron chi connectivity index (χ4n) is 3.11. The monoisotopic (exact) mass is 311 g/mol. The standard InChI is InChI=1S/C15H22BrNO/c1-10-5-12(8-15(3,4)7-10)18-14-13(16)6-11(2)9-17-14/h6,9-10,12H,5,7-8H2,1-4H3. The average Bonchev–Trinajstić information content (AvgIpc) is 2.19. The van der Waals surface area contributed by atoms with Crippen molar-refractivity contribution in [2.45, 2.75) is 53.1 Å². The molecule has 1 saturated carbocycles. The fraction of sp³-hybridized carbons (Fsp3) is 0.667. The van der Waals surface area contributed by atoms with Crippen LogP contribution in [0.2, 0.25) is 0 Å². The van der Waals surface area contributed by atoms with E-state index < -0.39 is 0 Å². The Morgan fingerprint density at radius 1 is 1.39 bits per heavy atom. The molecule has 0 amide bonds. The van der Waals surface area contributed by atoms with E-state index in [1.54, 1.807) is 0 Å². The number of ether oxygens (including phenoxy) is 1. The van der Waals surface area contributed by atoms with E-state index in [0.29, 0.717) is 5.41 Å². The van der Waals surface area contributed by atoms with E-state index in [0.717, 1.165) is 34.7 Å². The summed E-state index contributed by atoms with van der Waals surface area (Å²) in [5, 5.41) is 0. The molecule has 1 aliphatic rings. The smallest absolute Gasteiger partial charge is 0.228 e. The van der Waals surface area contributed by atoms with E-state index in [1.165, 1.54) is 6.42 Å². The molecule has 0 saturated heterocycles. The van der Waals surface area contributed by atoms with Crippen LogP contribution in [0.3, 0.4) is 0 Å². The molecule has 2 nitrogen and oxygen atoms in total. The topological polar surface area (TPSA) is 22.1 Å². The van der Waals surface area contributed by atoms with Gasteiger partial charge < -0.3 is 4.74 Å². The second-order valence-corrected chi connectivity index (χ2v) is 7.31. The summed E-state index contributed by atoms with van der Waals surface area (Å²) in [4.78, 5) is 4.38. The van der Waals surface area contributed by atoms with Crippen LogP contribution in [0.25, 0.3) is 0 Å². The first kappa shape index (κ1) is 13.9. The van der Waals surface area contributed by atoms with Gasteiger partial charge in [0, 0.05) is 6.20 Å². The molecular formula is C15H22BrNO. The predicted molar refractivity (Wildman–Crippen MR) is 77.9 cm³/mol. The van der Waals surface area contributed by atoms with Gasteiger partial charge in [0.15, 0.2) is 0 Å². The van der Waals surface area contributed by atoms with Crippen LogP contribution >= 0.6 is 15.9 Å². The van der Waals surface area contributed by atoms with Gasteiger partial charge in [0.05, 0.1) is 4.47 Å². The molecule has 0 N–H and O–H groups in total. The molecule has 1 aliphatic carbocycles. The zero-order chi connectivity index (χ0) is 13.3. The average molecular weight is 312 g/mol. The molecule has 0 bridgehead atoms. The third kappa shape index (κ3) is 3.47. The quantitative estimate of drug-likeness (QED) is 0.786. The number of halogens is 1. The summed E-state index contributed by atoms with van der Waals surface area (Å²) in [7, 11) is 0. The third-order valence-electron chi connectivity index (χ3n) is 3.57. The minimum absolute atomic E-state index is 0.287. The number of rotatable bonds is 2. The lowest BCUT2D eigenvalue weighted by Crippen LogP contribution is -2.34. The molecule has 0 aromatic carbocycles. The van der Waals surface area contributed by atoms with Gasteiger partial charge in [-0.2, -0.15) is 0 Å². The number of hydrogen-bond acceptors (Lipinski definition) is 2. The molecule has 1 fully saturated rings. The Labute approximate surface area is 118 Å². The van der Waals surface area contributed by atoms with Gasteiger partial charge >= 0.3 is 0 Å². The van der Waals surface area contributed by atoms with Gasteiger partial charge in [-0.15, -0.1) is 0 Å². The van der Waals surface area contributed by atoms with E-state index in [9.17, 15) is 0 Å². The van der Waals surface area contributed by atoms with Crippen molar-refractivity contribution in [1.29, 1.82) is 0 Å². The zero-order valence-corrected chi connectivity index (χ0v) is 13.3. The van der Waals surface area contributed by atoms with Crippen LogP contribution in [-0.4, -0.2) is 11.1 Å². The summed E-state index contributed by atoms with van der Waals surface area (Å²) in [5.74, 6) is 1.46. The summed E-state index contributed by atoms with van der Waals surface area (Å²) >= 11 is 3.53. The van der Waals surface area contributed by atoms with Crippen molar-refractivity contribution in [2.24, 2.45) is 11.3 Å². The Bertz CT molecular complexity index is 431. The van der Waals surface area contributed by atoms with Crippen molar-refractivity contribution in [3.8, 4) is 5.88 Å². The third-order valence-corrected chi connectivity index (χ3v) is 4.14. The fourth-order valence-corrected chi connectivity index (χ4v) is 3.67. The van der Waals surface area contributed by atoms with Gasteiger partial charge in [-0.1, -0.05) is 20.8 Å². The van der Waals surface area contributed by atoms with Gasteiger partial charge in [0.1, 0.15) is 6.10 Å². The summed E-state index contributed by atoms with van der Waals surface area (Å²) < 4.78 is 7.05. The van der Waals surface area contributed by atoms with Gasteiger partial charge in [0.2, 0.25) is 5.88 Å². The predicted octanol–water partition coefficient (Wildman–Crippen LogP) is 4.75. The maximum absolute atomic E-state index is 6.09. The van der Waals surface area contributed by atoms with Crippen LogP contribution in [0.15, 0.2) is 16.7 Å². The number of aryl methyl sites for hydroxylation is 1. The number of aromatic nitrogens is 1. The molecule has 2 rings (SSSR count). The van der Waals surface area contributed by atoms with Crippen LogP contribution in [0.1, 0.15) is 45.6 Å². The van der Waals surface area contributed by atoms with E-state index >= 15 is 0 Å². The van der Waals surface area contributed by atoms with E-state index in [4.69, 9.17) is 4.74 Å². The van der Waals surface area contributed by atoms with Crippen LogP contribution < -0.4 is 4.74 Å². The number of hydrogen-bond donors (Lipinski definition) is 0. The summed E-state index contributed by atoms with van der Waals surface area (Å²) in [6.45, 7) is 9.01. The minimum Gasteiger partial charge on any atom is -0.474 e. The Morgan fingerprint density at radius 3 is 2.72 bits per heavy atom. The molecule has 0 spiro atoms. The van der Waals surface area contributed by atoms with Crippen LogP contribution in [0.4, 0.5) is 0 Å². The molecule has 18 heavy (non-hydrogen) atoms. The molecule has 0 aliphatic heterocycles. The second kappa shape index (κ2) is 5.20. The zero-order valence-electron chi connectivity index (χ0n) is 11.7. The van der Waals surface area contributed by atoms with Crippen LogP contribution in [0.5, 0.6) is 5.88 Å². The van der Waals surface area contributed by atoms with Crippen molar-refractivity contribution < 1.29 is 4.74 Å². The molecular weight excluding hydrogens is 290 g/mol. The summed E-state index contributed by atoms with van der Waals surface area (Å²) in [6, 6.07) is 2.06. The Kier molecular flexibility index (Phi) is 4.00. The summed E-state index contributed by atoms with van der Waals surface area (Å²) in [5.41, 5.74) is 1.52. The van der Waals surface area contributed by atoms with Crippen LogP contribution in [0, 0.1) is 18.3 Å². The molecule has 0 radical (unpaired) electrons. The molecule has 100 valence electrons. The van der Waals surface area contributed by atoms with Gasteiger partial charge in [-0.05, 0) is 65.1 Å². The highest BCUT2D eigenvalue weighted by molar-refractivity contribution is 9.10. The molecule has 1 aromatic heterocycles. The Balaban J connectivity index is 2.09. The lowest BCUT2D eigenvalue weighted by molar-refractivity contribution is 0.0527. The van der Waals surface area contributed by atoms with Gasteiger partial charge in [0.25, 0.3) is 0 Å². The normalized spacial score (nSPS) is 26.9. The highest BCUT2D eigenvalue weighted by Gasteiger charge is 2.33. The second-order valence-electron chi connectivity index (χ2n) is 6.45. The maximum atomic E-state index is 6.09. The van der Waals surface area contributed by atoms with Crippen molar-refractivity contribution in [3.05, 3.63) is 22.3 Å². The first-order valence-electron chi connectivity index (χ1n) is 6.64. The molecule has 1 aromatic rings. The van der Waals surface area contributed by atoms with Crippen molar-refractivity contribution in [3.63, 3.8) is 0 Å².